The first-order valence-electron chi connectivity index (χ1n) is 26.9. The Morgan fingerprint density at radius 1 is 0.179 bits per heavy atom. The van der Waals surface area contributed by atoms with E-state index in [4.69, 9.17) is 0 Å². The zero-order valence-corrected chi connectivity index (χ0v) is 42.7. The zero-order valence-electron chi connectivity index (χ0n) is 40.2. The van der Waals surface area contributed by atoms with E-state index in [0.717, 1.165) is 0 Å². The third-order valence-electron chi connectivity index (χ3n) is 12.9. The molecular formula is C54H112BrP. The highest BCUT2D eigenvalue weighted by Crippen LogP contribution is 2.47. The van der Waals surface area contributed by atoms with E-state index >= 15 is 0 Å². The summed E-state index contributed by atoms with van der Waals surface area (Å²) in [7, 11) is -0.525. The van der Waals surface area contributed by atoms with E-state index in [9.17, 15) is 0 Å². The second-order valence-electron chi connectivity index (χ2n) is 20.0. The van der Waals surface area contributed by atoms with E-state index in [-0.39, 0.29) is 17.0 Å². The summed E-state index contributed by atoms with van der Waals surface area (Å²) in [5.74, 6) is 0. The van der Waals surface area contributed by atoms with Gasteiger partial charge in [0.25, 0.3) is 0 Å². The smallest absolute Gasteiger partial charge is 0.0586 e. The van der Waals surface area contributed by atoms with Gasteiger partial charge in [0.2, 0.25) is 0 Å². The maximum atomic E-state index is 2.49. The highest BCUT2D eigenvalue weighted by Gasteiger charge is 2.15. The van der Waals surface area contributed by atoms with Crippen molar-refractivity contribution in [3.63, 3.8) is 0 Å². The van der Waals surface area contributed by atoms with Gasteiger partial charge in [-0.3, -0.25) is 0 Å². The van der Waals surface area contributed by atoms with Crippen LogP contribution in [0.2, 0.25) is 0 Å². The highest BCUT2D eigenvalue weighted by atomic mass is 79.9. The van der Waals surface area contributed by atoms with Crippen molar-refractivity contribution in [3.8, 4) is 0 Å². The number of unbranched alkanes of at least 4 members (excludes halogenated alkanes) is 48. The quantitative estimate of drug-likeness (QED) is 0.0422. The molecule has 0 aromatic heterocycles. The molecule has 0 saturated heterocycles. The van der Waals surface area contributed by atoms with Crippen molar-refractivity contribution in [1.82, 2.24) is 0 Å². The number of hydrogen-bond acceptors (Lipinski definition) is 0. The van der Waals surface area contributed by atoms with Crippen molar-refractivity contribution in [2.75, 3.05) is 26.2 Å². The number of hydrogen-bond donors (Lipinski definition) is 0. The fourth-order valence-electron chi connectivity index (χ4n) is 8.97. The molecule has 0 bridgehead atoms. The van der Waals surface area contributed by atoms with Gasteiger partial charge in [-0.25, -0.2) is 0 Å². The first-order valence-corrected chi connectivity index (χ1v) is 30.2. The Morgan fingerprint density at radius 3 is 0.393 bits per heavy atom. The molecule has 0 aliphatic heterocycles. The largest absolute Gasteiger partial charge is 1.00 e. The number of rotatable bonds is 50. The van der Waals surface area contributed by atoms with Crippen molar-refractivity contribution in [2.24, 2.45) is 0 Å². The van der Waals surface area contributed by atoms with Crippen molar-refractivity contribution in [3.05, 3.63) is 0 Å². The second-order valence-corrected chi connectivity index (χ2v) is 25.0. The lowest BCUT2D eigenvalue weighted by Gasteiger charge is -2.10. The SMILES string of the molecule is CCCCCCCCCCCCCCCCCCCCCCCCCCCCCCCCCCCCCCCCCCCCCCCCCCC[P+](C)(C)C.[Br-]. The van der Waals surface area contributed by atoms with Gasteiger partial charge in [0.1, 0.15) is 0 Å². The fourth-order valence-corrected chi connectivity index (χ4v) is 10.1. The molecule has 0 N–H and O–H groups in total. The Morgan fingerprint density at radius 2 is 0.286 bits per heavy atom. The number of halogens is 1. The molecule has 0 atom stereocenters. The van der Waals surface area contributed by atoms with Gasteiger partial charge in [0, 0.05) is 27.3 Å². The molecule has 2 heteroatoms. The lowest BCUT2D eigenvalue weighted by Crippen LogP contribution is -3.00. The lowest BCUT2D eigenvalue weighted by atomic mass is 10.0. The summed E-state index contributed by atoms with van der Waals surface area (Å²) in [4.78, 5) is 0. The van der Waals surface area contributed by atoms with Crippen molar-refractivity contribution in [2.45, 2.75) is 322 Å². The molecule has 0 fully saturated rings. The van der Waals surface area contributed by atoms with Crippen molar-refractivity contribution >= 4 is 7.26 Å². The molecule has 0 aromatic rings. The first-order chi connectivity index (χ1) is 27.1. The van der Waals surface area contributed by atoms with Crippen LogP contribution in [0.5, 0.6) is 0 Å². The van der Waals surface area contributed by atoms with Gasteiger partial charge in [-0.05, 0) is 12.8 Å². The molecule has 0 unspecified atom stereocenters. The van der Waals surface area contributed by atoms with Crippen LogP contribution in [0.3, 0.4) is 0 Å². The standard InChI is InChI=1S/C54H112P.BrH/c1-5-6-7-8-9-10-11-12-13-14-15-16-17-18-19-20-21-22-23-24-25-26-27-28-29-30-31-32-33-34-35-36-37-38-39-40-41-42-43-44-45-46-47-48-49-50-51-52-53-54-55(2,3)4;/h5-54H2,1-4H3;1H/q+1;/p-1. The van der Waals surface area contributed by atoms with Gasteiger partial charge in [-0.1, -0.05) is 309 Å². The minimum Gasteiger partial charge on any atom is -1.00 e. The maximum Gasteiger partial charge on any atom is 0.0586 e. The Labute approximate surface area is 370 Å². The maximum absolute atomic E-state index is 2.49. The van der Waals surface area contributed by atoms with Crippen LogP contribution in [0.1, 0.15) is 322 Å². The van der Waals surface area contributed by atoms with Gasteiger partial charge in [-0.2, -0.15) is 0 Å². The van der Waals surface area contributed by atoms with E-state index in [1.807, 2.05) is 0 Å². The molecule has 340 valence electrons. The minimum absolute atomic E-state index is 0. The second kappa shape index (κ2) is 52.0. The fraction of sp³-hybridized carbons (Fsp3) is 1.00. The van der Waals surface area contributed by atoms with E-state index in [0.29, 0.717) is 0 Å². The van der Waals surface area contributed by atoms with Gasteiger partial charge in [0.15, 0.2) is 0 Å². The van der Waals surface area contributed by atoms with E-state index in [2.05, 4.69) is 26.9 Å². The molecule has 0 amide bonds. The Kier molecular flexibility index (Phi) is 54.8. The van der Waals surface area contributed by atoms with Crippen LogP contribution in [-0.2, 0) is 0 Å². The summed E-state index contributed by atoms with van der Waals surface area (Å²) in [6.45, 7) is 9.77. The monoisotopic (exact) mass is 871 g/mol. The molecule has 0 aromatic carbocycles. The molecule has 0 rings (SSSR count). The summed E-state index contributed by atoms with van der Waals surface area (Å²) in [5.41, 5.74) is 0. The molecule has 0 heterocycles. The Hall–Kier alpha value is 0.910. The predicted molar refractivity (Wildman–Crippen MR) is 261 cm³/mol. The molecule has 0 aliphatic rings. The highest BCUT2D eigenvalue weighted by molar-refractivity contribution is 7.73. The van der Waals surface area contributed by atoms with Crippen molar-refractivity contribution in [1.29, 1.82) is 0 Å². The zero-order chi connectivity index (χ0) is 39.9. The summed E-state index contributed by atoms with van der Waals surface area (Å²) in [6, 6.07) is 0. The summed E-state index contributed by atoms with van der Waals surface area (Å²) >= 11 is 0. The van der Waals surface area contributed by atoms with Gasteiger partial charge in [-0.15, -0.1) is 0 Å². The third-order valence-corrected chi connectivity index (χ3v) is 14.6. The van der Waals surface area contributed by atoms with E-state index in [1.54, 1.807) is 0 Å². The average Bonchev–Trinajstić information content (AvgIpc) is 3.17. The topological polar surface area (TPSA) is 0 Å². The van der Waals surface area contributed by atoms with Gasteiger partial charge in [0.05, 0.1) is 6.16 Å². The normalized spacial score (nSPS) is 11.8. The summed E-state index contributed by atoms with van der Waals surface area (Å²) in [5, 5.41) is 0. The lowest BCUT2D eigenvalue weighted by molar-refractivity contribution is -0.0000124. The van der Waals surface area contributed by atoms with Crippen LogP contribution in [0.25, 0.3) is 0 Å². The van der Waals surface area contributed by atoms with Crippen LogP contribution in [-0.4, -0.2) is 26.2 Å². The molecule has 0 saturated carbocycles. The van der Waals surface area contributed by atoms with E-state index in [1.165, 1.54) is 321 Å². The molecule has 56 heavy (non-hydrogen) atoms. The molecule has 0 spiro atoms. The molecule has 0 radical (unpaired) electrons. The summed E-state index contributed by atoms with van der Waals surface area (Å²) in [6.07, 6.45) is 74.6. The van der Waals surface area contributed by atoms with E-state index < -0.39 is 7.26 Å². The predicted octanol–water partition coefficient (Wildman–Crippen LogP) is 18.0. The van der Waals surface area contributed by atoms with Gasteiger partial charge >= 0.3 is 0 Å². The Bertz CT molecular complexity index is 655. The van der Waals surface area contributed by atoms with Crippen LogP contribution in [0.15, 0.2) is 0 Å². The molecule has 0 nitrogen and oxygen atoms in total. The van der Waals surface area contributed by atoms with Gasteiger partial charge < -0.3 is 17.0 Å². The minimum atomic E-state index is -0.525. The summed E-state index contributed by atoms with van der Waals surface area (Å²) < 4.78 is 0. The third kappa shape index (κ3) is 57.0. The molecular weight excluding hydrogens is 759 g/mol. The van der Waals surface area contributed by atoms with Crippen LogP contribution >= 0.6 is 7.26 Å². The molecule has 0 aliphatic carbocycles. The van der Waals surface area contributed by atoms with Crippen LogP contribution < -0.4 is 17.0 Å². The average molecular weight is 872 g/mol. The Balaban J connectivity index is 0. The first kappa shape index (κ1) is 59.0. The van der Waals surface area contributed by atoms with Crippen LogP contribution in [0.4, 0.5) is 0 Å². The van der Waals surface area contributed by atoms with Crippen LogP contribution in [0, 0.1) is 0 Å². The van der Waals surface area contributed by atoms with Crippen molar-refractivity contribution < 1.29 is 17.0 Å².